The lowest BCUT2D eigenvalue weighted by atomic mass is 10.1. The van der Waals surface area contributed by atoms with Crippen LogP contribution >= 0.6 is 0 Å². The van der Waals surface area contributed by atoms with Crippen LogP contribution in [-0.2, 0) is 16.0 Å². The zero-order valence-electron chi connectivity index (χ0n) is 12.5. The van der Waals surface area contributed by atoms with Gasteiger partial charge in [0.2, 0.25) is 11.8 Å². The van der Waals surface area contributed by atoms with Gasteiger partial charge in [0.15, 0.2) is 5.76 Å². The Morgan fingerprint density at radius 3 is 2.64 bits per heavy atom. The molecule has 6 nitrogen and oxygen atoms in total. The van der Waals surface area contributed by atoms with Crippen LogP contribution in [0.2, 0.25) is 0 Å². The van der Waals surface area contributed by atoms with Crippen molar-refractivity contribution in [2.75, 3.05) is 13.1 Å². The van der Waals surface area contributed by atoms with Crippen LogP contribution in [0.25, 0.3) is 11.3 Å². The third-order valence-electron chi connectivity index (χ3n) is 3.05. The lowest BCUT2D eigenvalue weighted by molar-refractivity contribution is -0.121. The highest BCUT2D eigenvalue weighted by Gasteiger charge is 2.07. The molecular formula is C16H19N3O3. The quantitative estimate of drug-likeness (QED) is 0.812. The molecule has 0 saturated heterocycles. The minimum Gasteiger partial charge on any atom is -0.356 e. The van der Waals surface area contributed by atoms with Crippen LogP contribution in [0.15, 0.2) is 40.9 Å². The third-order valence-corrected chi connectivity index (χ3v) is 3.05. The molecule has 0 bridgehead atoms. The number of carbonyl (C=O) groups excluding carboxylic acids is 2. The second-order valence-electron chi connectivity index (χ2n) is 4.88. The van der Waals surface area contributed by atoms with Gasteiger partial charge < -0.3 is 15.2 Å². The molecule has 0 saturated carbocycles. The monoisotopic (exact) mass is 301 g/mol. The van der Waals surface area contributed by atoms with Crippen molar-refractivity contribution < 1.29 is 14.1 Å². The van der Waals surface area contributed by atoms with Gasteiger partial charge in [-0.15, -0.1) is 0 Å². The number of benzene rings is 1. The van der Waals surface area contributed by atoms with Crippen molar-refractivity contribution >= 4 is 11.8 Å². The molecule has 1 aromatic carbocycles. The maximum Gasteiger partial charge on any atom is 0.221 e. The van der Waals surface area contributed by atoms with Crippen molar-refractivity contribution in [3.63, 3.8) is 0 Å². The van der Waals surface area contributed by atoms with Crippen LogP contribution in [0.4, 0.5) is 0 Å². The fourth-order valence-corrected chi connectivity index (χ4v) is 1.94. The van der Waals surface area contributed by atoms with Crippen molar-refractivity contribution in [2.24, 2.45) is 0 Å². The minimum absolute atomic E-state index is 0.0967. The maximum absolute atomic E-state index is 11.5. The Kier molecular flexibility index (Phi) is 5.71. The predicted molar refractivity (Wildman–Crippen MR) is 82.0 cm³/mol. The molecule has 116 valence electrons. The van der Waals surface area contributed by atoms with E-state index in [-0.39, 0.29) is 18.2 Å². The fourth-order valence-electron chi connectivity index (χ4n) is 1.94. The normalized spacial score (nSPS) is 10.2. The highest BCUT2D eigenvalue weighted by molar-refractivity contribution is 5.77. The Morgan fingerprint density at radius 1 is 1.14 bits per heavy atom. The van der Waals surface area contributed by atoms with Crippen LogP contribution in [-0.4, -0.2) is 30.1 Å². The Morgan fingerprint density at radius 2 is 1.91 bits per heavy atom. The first-order valence-electron chi connectivity index (χ1n) is 7.17. The van der Waals surface area contributed by atoms with E-state index in [4.69, 9.17) is 4.52 Å². The number of nitrogens with one attached hydrogen (secondary N) is 2. The largest absolute Gasteiger partial charge is 0.356 e. The summed E-state index contributed by atoms with van der Waals surface area (Å²) in [4.78, 5) is 22.2. The molecule has 1 heterocycles. The first kappa shape index (κ1) is 15.8. The highest BCUT2D eigenvalue weighted by Crippen LogP contribution is 2.19. The average molecular weight is 301 g/mol. The van der Waals surface area contributed by atoms with E-state index in [1.807, 2.05) is 36.4 Å². The van der Waals surface area contributed by atoms with E-state index in [1.165, 1.54) is 6.92 Å². The molecule has 2 amide bonds. The molecule has 0 aliphatic rings. The zero-order valence-corrected chi connectivity index (χ0v) is 12.5. The summed E-state index contributed by atoms with van der Waals surface area (Å²) in [5, 5.41) is 9.35. The first-order valence-corrected chi connectivity index (χ1v) is 7.17. The molecule has 2 rings (SSSR count). The molecule has 0 atom stereocenters. The predicted octanol–water partition coefficient (Wildman–Crippen LogP) is 1.53. The van der Waals surface area contributed by atoms with Gasteiger partial charge in [0, 0.05) is 44.5 Å². The van der Waals surface area contributed by atoms with Crippen LogP contribution in [0.3, 0.4) is 0 Å². The maximum atomic E-state index is 11.5. The van der Waals surface area contributed by atoms with Gasteiger partial charge in [0.05, 0.1) is 5.69 Å². The molecule has 0 unspecified atom stereocenters. The molecule has 0 aliphatic carbocycles. The van der Waals surface area contributed by atoms with E-state index in [2.05, 4.69) is 15.8 Å². The second kappa shape index (κ2) is 7.97. The van der Waals surface area contributed by atoms with E-state index in [9.17, 15) is 9.59 Å². The summed E-state index contributed by atoms with van der Waals surface area (Å²) in [5.41, 5.74) is 1.77. The summed E-state index contributed by atoms with van der Waals surface area (Å²) >= 11 is 0. The van der Waals surface area contributed by atoms with E-state index >= 15 is 0 Å². The summed E-state index contributed by atoms with van der Waals surface area (Å²) in [7, 11) is 0. The standard InChI is InChI=1S/C16H19N3O3/c1-12(20)17-10-8-16(21)18-9-7-14-11-15(22-19-14)13-5-3-2-4-6-13/h2-6,11H,7-10H2,1H3,(H,17,20)(H,18,21). The lowest BCUT2D eigenvalue weighted by Crippen LogP contribution is -2.30. The number of aromatic nitrogens is 1. The molecule has 6 heteroatoms. The van der Waals surface area contributed by atoms with Crippen LogP contribution in [0.5, 0.6) is 0 Å². The Hall–Kier alpha value is -2.63. The van der Waals surface area contributed by atoms with Crippen molar-refractivity contribution in [2.45, 2.75) is 19.8 Å². The number of hydrogen-bond donors (Lipinski definition) is 2. The van der Waals surface area contributed by atoms with Crippen molar-refractivity contribution in [1.29, 1.82) is 0 Å². The van der Waals surface area contributed by atoms with Crippen molar-refractivity contribution in [1.82, 2.24) is 15.8 Å². The summed E-state index contributed by atoms with van der Waals surface area (Å²) in [6.45, 7) is 2.26. The van der Waals surface area contributed by atoms with E-state index in [0.29, 0.717) is 25.3 Å². The van der Waals surface area contributed by atoms with Gasteiger partial charge >= 0.3 is 0 Å². The van der Waals surface area contributed by atoms with Gasteiger partial charge in [-0.2, -0.15) is 0 Å². The molecule has 0 radical (unpaired) electrons. The van der Waals surface area contributed by atoms with Gasteiger partial charge in [-0.05, 0) is 0 Å². The van der Waals surface area contributed by atoms with Crippen molar-refractivity contribution in [3.05, 3.63) is 42.1 Å². The molecular weight excluding hydrogens is 282 g/mol. The summed E-state index contributed by atoms with van der Waals surface area (Å²) in [6.07, 6.45) is 0.871. The molecule has 2 aromatic rings. The molecule has 1 aromatic heterocycles. The Bertz CT molecular complexity index is 623. The summed E-state index contributed by atoms with van der Waals surface area (Å²) in [5.74, 6) is 0.483. The average Bonchev–Trinajstić information content (AvgIpc) is 2.97. The Balaban J connectivity index is 1.73. The van der Waals surface area contributed by atoms with Gasteiger partial charge in [-0.3, -0.25) is 9.59 Å². The Labute approximate surface area is 128 Å². The third kappa shape index (κ3) is 5.05. The SMILES string of the molecule is CC(=O)NCCC(=O)NCCc1cc(-c2ccccc2)on1. The van der Waals surface area contributed by atoms with Gasteiger partial charge in [-0.25, -0.2) is 0 Å². The zero-order chi connectivity index (χ0) is 15.8. The van der Waals surface area contributed by atoms with Crippen LogP contribution in [0.1, 0.15) is 19.0 Å². The number of carbonyl (C=O) groups is 2. The molecule has 2 N–H and O–H groups in total. The van der Waals surface area contributed by atoms with Gasteiger partial charge in [0.25, 0.3) is 0 Å². The first-order chi connectivity index (χ1) is 10.6. The topological polar surface area (TPSA) is 84.2 Å². The van der Waals surface area contributed by atoms with Crippen molar-refractivity contribution in [3.8, 4) is 11.3 Å². The van der Waals surface area contributed by atoms with E-state index in [1.54, 1.807) is 0 Å². The number of hydrogen-bond acceptors (Lipinski definition) is 4. The van der Waals surface area contributed by atoms with E-state index in [0.717, 1.165) is 11.3 Å². The smallest absolute Gasteiger partial charge is 0.221 e. The fraction of sp³-hybridized carbons (Fsp3) is 0.312. The van der Waals surface area contributed by atoms with Gasteiger partial charge in [-0.1, -0.05) is 35.5 Å². The molecule has 0 fully saturated rings. The number of rotatable bonds is 7. The molecule has 22 heavy (non-hydrogen) atoms. The van der Waals surface area contributed by atoms with Crippen LogP contribution < -0.4 is 10.6 Å². The second-order valence-corrected chi connectivity index (χ2v) is 4.88. The summed E-state index contributed by atoms with van der Waals surface area (Å²) in [6, 6.07) is 11.6. The number of amides is 2. The number of nitrogens with zero attached hydrogens (tertiary/aromatic N) is 1. The molecule has 0 spiro atoms. The minimum atomic E-state index is -0.135. The van der Waals surface area contributed by atoms with E-state index < -0.39 is 0 Å². The highest BCUT2D eigenvalue weighted by atomic mass is 16.5. The molecule has 0 aliphatic heterocycles. The summed E-state index contributed by atoms with van der Waals surface area (Å²) < 4.78 is 5.29. The van der Waals surface area contributed by atoms with Crippen LogP contribution in [0, 0.1) is 0 Å². The van der Waals surface area contributed by atoms with Gasteiger partial charge in [0.1, 0.15) is 0 Å². The lowest BCUT2D eigenvalue weighted by Gasteiger charge is -2.04.